The summed E-state index contributed by atoms with van der Waals surface area (Å²) in [5, 5.41) is 0. The van der Waals surface area contributed by atoms with Gasteiger partial charge < -0.3 is 4.74 Å². The van der Waals surface area contributed by atoms with Gasteiger partial charge in [-0.25, -0.2) is 4.79 Å². The van der Waals surface area contributed by atoms with Crippen LogP contribution < -0.4 is 9.80 Å². The molecule has 1 fully saturated rings. The van der Waals surface area contributed by atoms with Gasteiger partial charge in [0.1, 0.15) is 11.6 Å². The van der Waals surface area contributed by atoms with Crippen LogP contribution in [0.1, 0.15) is 31.0 Å². The average Bonchev–Trinajstić information content (AvgIpc) is 3.20. The summed E-state index contributed by atoms with van der Waals surface area (Å²) in [5.41, 5.74) is 3.82. The molecule has 5 heteroatoms. The zero-order valence-electron chi connectivity index (χ0n) is 16.9. The van der Waals surface area contributed by atoms with E-state index in [0.717, 1.165) is 28.2 Å². The average molecular weight is 398 g/mol. The van der Waals surface area contributed by atoms with Crippen molar-refractivity contribution in [1.82, 2.24) is 0 Å². The van der Waals surface area contributed by atoms with Gasteiger partial charge in [-0.15, -0.1) is 0 Å². The highest BCUT2D eigenvalue weighted by Crippen LogP contribution is 2.44. The fraction of sp³-hybridized carbons (Fsp3) is 0.200. The smallest absolute Gasteiger partial charge is 0.415 e. The first-order chi connectivity index (χ1) is 14.5. The Hall–Kier alpha value is -3.60. The minimum Gasteiger partial charge on any atom is -0.441 e. The molecule has 2 aliphatic heterocycles. The summed E-state index contributed by atoms with van der Waals surface area (Å²) in [6.45, 7) is 3.85. The number of ether oxygens (including phenoxy) is 1. The molecule has 1 atom stereocenters. The first-order valence-electron chi connectivity index (χ1n) is 10.0. The van der Waals surface area contributed by atoms with Crippen molar-refractivity contribution in [3.8, 4) is 0 Å². The molecule has 5 rings (SSSR count). The summed E-state index contributed by atoms with van der Waals surface area (Å²) in [5.74, 6) is 0.0489. The minimum atomic E-state index is -0.666. The number of benzene rings is 3. The Labute approximate surface area is 175 Å². The van der Waals surface area contributed by atoms with Crippen molar-refractivity contribution in [3.05, 3.63) is 90.0 Å². The second-order valence-corrected chi connectivity index (χ2v) is 8.21. The molecule has 2 aliphatic rings. The van der Waals surface area contributed by atoms with Crippen molar-refractivity contribution in [2.75, 3.05) is 9.80 Å². The number of amides is 2. The maximum absolute atomic E-state index is 12.8. The van der Waals surface area contributed by atoms with E-state index in [1.54, 1.807) is 9.80 Å². The Morgan fingerprint density at radius 3 is 2.20 bits per heavy atom. The molecule has 150 valence electrons. The van der Waals surface area contributed by atoms with Crippen molar-refractivity contribution >= 4 is 29.1 Å². The number of cyclic esters (lactones) is 1. The predicted octanol–water partition coefficient (Wildman–Crippen LogP) is 5.38. The number of nitrogens with zero attached hydrogens (tertiary/aromatic N) is 2. The van der Waals surface area contributed by atoms with E-state index in [0.29, 0.717) is 6.42 Å². The van der Waals surface area contributed by atoms with Gasteiger partial charge in [-0.05, 0) is 55.3 Å². The Morgan fingerprint density at radius 2 is 1.47 bits per heavy atom. The lowest BCUT2D eigenvalue weighted by molar-refractivity contribution is -0.116. The van der Waals surface area contributed by atoms with Crippen LogP contribution >= 0.6 is 0 Å². The monoisotopic (exact) mass is 398 g/mol. The Kier molecular flexibility index (Phi) is 4.13. The van der Waals surface area contributed by atoms with Crippen molar-refractivity contribution in [2.45, 2.75) is 31.9 Å². The van der Waals surface area contributed by atoms with Crippen LogP contribution in [0.4, 0.5) is 21.9 Å². The van der Waals surface area contributed by atoms with E-state index in [1.807, 2.05) is 92.7 Å². The van der Waals surface area contributed by atoms with E-state index < -0.39 is 5.60 Å². The molecule has 5 nitrogen and oxygen atoms in total. The molecule has 3 aromatic carbocycles. The number of hydrogen-bond donors (Lipinski definition) is 0. The second-order valence-electron chi connectivity index (χ2n) is 8.21. The largest absolute Gasteiger partial charge is 0.441 e. The van der Waals surface area contributed by atoms with Gasteiger partial charge in [0.15, 0.2) is 0 Å². The number of fused-ring (bicyclic) bond motifs is 1. The van der Waals surface area contributed by atoms with Gasteiger partial charge >= 0.3 is 6.09 Å². The lowest BCUT2D eigenvalue weighted by Gasteiger charge is -2.29. The highest BCUT2D eigenvalue weighted by atomic mass is 16.6. The van der Waals surface area contributed by atoms with E-state index in [4.69, 9.17) is 4.74 Å². The summed E-state index contributed by atoms with van der Waals surface area (Å²) < 4.78 is 5.70. The Balaban J connectivity index is 1.51. The van der Waals surface area contributed by atoms with Crippen LogP contribution in [-0.2, 0) is 16.0 Å². The van der Waals surface area contributed by atoms with Crippen LogP contribution in [0, 0.1) is 0 Å². The van der Waals surface area contributed by atoms with Crippen molar-refractivity contribution in [3.63, 3.8) is 0 Å². The van der Waals surface area contributed by atoms with Gasteiger partial charge in [-0.2, -0.15) is 0 Å². The molecule has 0 radical (unpaired) electrons. The molecule has 0 aliphatic carbocycles. The molecule has 1 saturated heterocycles. The molecule has 30 heavy (non-hydrogen) atoms. The third-order valence-electron chi connectivity index (χ3n) is 5.79. The number of carbonyl (C=O) groups is 2. The third-order valence-corrected chi connectivity index (χ3v) is 5.79. The molecule has 0 aromatic heterocycles. The third kappa shape index (κ3) is 2.86. The molecule has 0 bridgehead atoms. The van der Waals surface area contributed by atoms with Crippen molar-refractivity contribution in [2.24, 2.45) is 0 Å². The highest BCUT2D eigenvalue weighted by molar-refractivity contribution is 6.07. The molecule has 3 aromatic rings. The summed E-state index contributed by atoms with van der Waals surface area (Å²) in [7, 11) is 0. The summed E-state index contributed by atoms with van der Waals surface area (Å²) in [6, 6.07) is 25.0. The number of rotatable bonds is 3. The molecule has 2 heterocycles. The Bertz CT molecular complexity index is 1120. The quantitative estimate of drug-likeness (QED) is 0.595. The number of anilines is 3. The van der Waals surface area contributed by atoms with Gasteiger partial charge in [-0.3, -0.25) is 14.6 Å². The molecule has 2 amide bonds. The minimum absolute atomic E-state index is 0.0489. The maximum Gasteiger partial charge on any atom is 0.415 e. The lowest BCUT2D eigenvalue weighted by Crippen LogP contribution is -2.33. The zero-order valence-corrected chi connectivity index (χ0v) is 16.9. The zero-order chi connectivity index (χ0) is 20.9. The first-order valence-corrected chi connectivity index (χ1v) is 10.0. The van der Waals surface area contributed by atoms with Crippen molar-refractivity contribution < 1.29 is 14.3 Å². The lowest BCUT2D eigenvalue weighted by atomic mass is 9.91. The van der Waals surface area contributed by atoms with E-state index in [9.17, 15) is 9.59 Å². The molecule has 1 unspecified atom stereocenters. The summed E-state index contributed by atoms with van der Waals surface area (Å²) in [4.78, 5) is 28.8. The number of para-hydroxylation sites is 1. The second kappa shape index (κ2) is 6.73. The van der Waals surface area contributed by atoms with Crippen LogP contribution in [0.3, 0.4) is 0 Å². The molecule has 0 saturated carbocycles. The van der Waals surface area contributed by atoms with E-state index in [1.165, 1.54) is 0 Å². The van der Waals surface area contributed by atoms with Gasteiger partial charge in [0.25, 0.3) is 0 Å². The van der Waals surface area contributed by atoms with Gasteiger partial charge in [0.2, 0.25) is 5.91 Å². The highest BCUT2D eigenvalue weighted by Gasteiger charge is 2.49. The molecular weight excluding hydrogens is 376 g/mol. The fourth-order valence-electron chi connectivity index (χ4n) is 4.49. The normalized spacial score (nSPS) is 19.7. The summed E-state index contributed by atoms with van der Waals surface area (Å²) >= 11 is 0. The Morgan fingerprint density at radius 1 is 0.833 bits per heavy atom. The number of carbonyl (C=O) groups excluding carboxylic acids is 2. The molecular formula is C25H22N2O3. The van der Waals surface area contributed by atoms with Crippen LogP contribution in [0.25, 0.3) is 0 Å². The van der Waals surface area contributed by atoms with Gasteiger partial charge in [-0.1, -0.05) is 48.5 Å². The van der Waals surface area contributed by atoms with Gasteiger partial charge in [0.05, 0.1) is 12.1 Å². The van der Waals surface area contributed by atoms with E-state index in [2.05, 4.69) is 0 Å². The van der Waals surface area contributed by atoms with E-state index in [-0.39, 0.29) is 18.0 Å². The predicted molar refractivity (Wildman–Crippen MR) is 116 cm³/mol. The van der Waals surface area contributed by atoms with Crippen LogP contribution in [0.15, 0.2) is 78.9 Å². The number of hydrogen-bond acceptors (Lipinski definition) is 3. The van der Waals surface area contributed by atoms with Crippen LogP contribution in [-0.4, -0.2) is 17.6 Å². The first kappa shape index (κ1) is 18.4. The van der Waals surface area contributed by atoms with Crippen LogP contribution in [0.5, 0.6) is 0 Å². The standard InChI is InChI=1S/C25H22N2O3/c1-25(2)23(17-8-4-3-5-9-17)27(24(29)30-25)20-14-12-19(13-15-20)26-21-11-7-6-10-18(21)16-22(26)28/h3-15,23H,16H2,1-2H3. The van der Waals surface area contributed by atoms with Gasteiger partial charge in [0, 0.05) is 11.4 Å². The molecule has 0 N–H and O–H groups in total. The van der Waals surface area contributed by atoms with Crippen LogP contribution in [0.2, 0.25) is 0 Å². The topological polar surface area (TPSA) is 49.9 Å². The molecule has 0 spiro atoms. The van der Waals surface area contributed by atoms with E-state index >= 15 is 0 Å². The van der Waals surface area contributed by atoms with Crippen molar-refractivity contribution in [1.29, 1.82) is 0 Å². The SMILES string of the molecule is CC1(C)OC(=O)N(c2ccc(N3C(=O)Cc4ccccc43)cc2)C1c1ccccc1. The maximum atomic E-state index is 12.8. The summed E-state index contributed by atoms with van der Waals surface area (Å²) in [6.07, 6.45) is 0.0323. The fourth-order valence-corrected chi connectivity index (χ4v) is 4.49.